The van der Waals surface area contributed by atoms with Crippen molar-refractivity contribution in [3.63, 3.8) is 0 Å². The molecule has 0 N–H and O–H groups in total. The fourth-order valence-corrected chi connectivity index (χ4v) is 5.29. The second-order valence-electron chi connectivity index (χ2n) is 9.83. The molecule has 7 heteroatoms. The number of rotatable bonds is 5. The number of nitrogens with zero attached hydrogens (tertiary/aromatic N) is 5. The molecule has 7 aromatic rings. The average Bonchev–Trinajstić information content (AvgIpc) is 3.60. The SMILES string of the molecule is Cc1cccc(C)c1-n1[c-][n+](-c2[c-]c(Oc3[c-]c4c(cc3)c3cc(C#N)ccc3n4-c3ccccn3)ccc2)cc1.[Pt]. The average molecular weight is 725 g/mol. The first-order chi connectivity index (χ1) is 20.1. The smallest absolute Gasteiger partial charge is 0.267 e. The summed E-state index contributed by atoms with van der Waals surface area (Å²) in [7, 11) is 0. The van der Waals surface area contributed by atoms with Crippen LogP contribution in [0.2, 0.25) is 0 Å². The number of hydrogen-bond acceptors (Lipinski definition) is 3. The molecule has 0 aliphatic heterocycles. The first-order valence-corrected chi connectivity index (χ1v) is 13.2. The summed E-state index contributed by atoms with van der Waals surface area (Å²) < 4.78 is 12.2. The van der Waals surface area contributed by atoms with Crippen molar-refractivity contribution in [3.8, 4) is 34.8 Å². The van der Waals surface area contributed by atoms with Crippen molar-refractivity contribution >= 4 is 21.8 Å². The van der Waals surface area contributed by atoms with Crippen LogP contribution in [-0.4, -0.2) is 14.1 Å². The van der Waals surface area contributed by atoms with Gasteiger partial charge in [-0.05, 0) is 66.4 Å². The molecule has 0 fully saturated rings. The van der Waals surface area contributed by atoms with Gasteiger partial charge in [-0.25, -0.2) is 4.98 Å². The summed E-state index contributed by atoms with van der Waals surface area (Å²) in [5, 5.41) is 11.4. The first kappa shape index (κ1) is 27.2. The fourth-order valence-electron chi connectivity index (χ4n) is 5.29. The van der Waals surface area contributed by atoms with Gasteiger partial charge in [0.05, 0.1) is 17.3 Å². The zero-order chi connectivity index (χ0) is 27.9. The molecule has 3 heterocycles. The Morgan fingerprint density at radius 2 is 1.67 bits per heavy atom. The quantitative estimate of drug-likeness (QED) is 0.143. The van der Waals surface area contributed by atoms with E-state index in [1.807, 2.05) is 92.8 Å². The van der Waals surface area contributed by atoms with Crippen LogP contribution in [0, 0.1) is 43.6 Å². The summed E-state index contributed by atoms with van der Waals surface area (Å²) in [6.45, 7) is 4.20. The monoisotopic (exact) mass is 724 g/mol. The molecule has 42 heavy (non-hydrogen) atoms. The predicted molar refractivity (Wildman–Crippen MR) is 157 cm³/mol. The number of fused-ring (bicyclic) bond motifs is 3. The van der Waals surface area contributed by atoms with E-state index in [1.54, 1.807) is 6.20 Å². The van der Waals surface area contributed by atoms with Crippen LogP contribution in [0.15, 0.2) is 104 Å². The minimum Gasteiger partial charge on any atom is -0.510 e. The Labute approximate surface area is 257 Å². The molecule has 206 valence electrons. The number of ether oxygens (including phenoxy) is 1. The normalized spacial score (nSPS) is 10.9. The van der Waals surface area contributed by atoms with Gasteiger partial charge in [0.2, 0.25) is 0 Å². The number of imidazole rings is 1. The molecule has 0 saturated heterocycles. The van der Waals surface area contributed by atoms with E-state index in [1.165, 1.54) is 11.1 Å². The Balaban J connectivity index is 0.00000316. The van der Waals surface area contributed by atoms with E-state index in [-0.39, 0.29) is 21.1 Å². The largest absolute Gasteiger partial charge is 0.510 e. The van der Waals surface area contributed by atoms with Crippen molar-refractivity contribution in [3.05, 3.63) is 139 Å². The van der Waals surface area contributed by atoms with Gasteiger partial charge < -0.3 is 13.9 Å². The molecule has 0 aliphatic rings. The Hall–Kier alpha value is -4.98. The van der Waals surface area contributed by atoms with Crippen molar-refractivity contribution in [1.82, 2.24) is 14.1 Å². The van der Waals surface area contributed by atoms with Crippen molar-refractivity contribution < 1.29 is 30.4 Å². The van der Waals surface area contributed by atoms with E-state index in [9.17, 15) is 5.26 Å². The van der Waals surface area contributed by atoms with Crippen LogP contribution < -0.4 is 9.30 Å². The molecule has 4 aromatic carbocycles. The molecule has 0 saturated carbocycles. The number of nitriles is 1. The Kier molecular flexibility index (Phi) is 7.20. The van der Waals surface area contributed by atoms with E-state index in [2.05, 4.69) is 61.6 Å². The minimum atomic E-state index is 0. The molecule has 6 nitrogen and oxygen atoms in total. The van der Waals surface area contributed by atoms with Crippen molar-refractivity contribution in [2.45, 2.75) is 13.8 Å². The van der Waals surface area contributed by atoms with Crippen LogP contribution in [0.25, 0.3) is 39.0 Å². The van der Waals surface area contributed by atoms with E-state index >= 15 is 0 Å². The third-order valence-electron chi connectivity index (χ3n) is 7.15. The second-order valence-corrected chi connectivity index (χ2v) is 9.83. The number of para-hydroxylation sites is 1. The molecule has 0 amide bonds. The summed E-state index contributed by atoms with van der Waals surface area (Å²) >= 11 is 0. The standard InChI is InChI=1S/C35H23N5O.Pt/c1-24-7-5-8-25(2)35(24)39-18-17-38(23-39)27-9-6-10-28(20-27)41-29-13-14-30-31-19-26(22-36)12-15-32(31)40(33(30)21-29)34-11-3-4-16-37-34;/h3-19H,1-2H3;/q-2;. The Morgan fingerprint density at radius 1 is 0.857 bits per heavy atom. The van der Waals surface area contributed by atoms with Crippen molar-refractivity contribution in [2.24, 2.45) is 0 Å². The number of hydrogen-bond donors (Lipinski definition) is 0. The van der Waals surface area contributed by atoms with Crippen molar-refractivity contribution in [1.29, 1.82) is 5.26 Å². The number of aromatic nitrogens is 4. The van der Waals surface area contributed by atoms with E-state index in [0.29, 0.717) is 17.1 Å². The maximum atomic E-state index is 9.48. The molecule has 0 unspecified atom stereocenters. The molecule has 3 aromatic heterocycles. The van der Waals surface area contributed by atoms with Crippen LogP contribution in [-0.2, 0) is 21.1 Å². The Morgan fingerprint density at radius 3 is 2.45 bits per heavy atom. The van der Waals surface area contributed by atoms with Gasteiger partial charge in [0.1, 0.15) is 5.82 Å². The zero-order valence-electron chi connectivity index (χ0n) is 22.8. The minimum absolute atomic E-state index is 0. The number of aryl methyl sites for hydroxylation is 2. The van der Waals surface area contributed by atoms with Gasteiger partial charge in [0.25, 0.3) is 6.33 Å². The summed E-state index contributed by atoms with van der Waals surface area (Å²) in [5.41, 5.74) is 6.65. The van der Waals surface area contributed by atoms with Crippen LogP contribution >= 0.6 is 0 Å². The molecular formula is C35H23N5OPt-2. The third kappa shape index (κ3) is 4.79. The maximum Gasteiger partial charge on any atom is 0.267 e. The topological polar surface area (TPSA) is 59.6 Å². The summed E-state index contributed by atoms with van der Waals surface area (Å²) in [5.74, 6) is 1.87. The van der Waals surface area contributed by atoms with Gasteiger partial charge >= 0.3 is 0 Å². The summed E-state index contributed by atoms with van der Waals surface area (Å²) in [6.07, 6.45) is 9.11. The molecule has 0 atom stereocenters. The predicted octanol–water partition coefficient (Wildman–Crippen LogP) is 6.92. The van der Waals surface area contributed by atoms with E-state index in [4.69, 9.17) is 4.74 Å². The first-order valence-electron chi connectivity index (χ1n) is 13.2. The van der Waals surface area contributed by atoms with Gasteiger partial charge in [0, 0.05) is 56.7 Å². The molecule has 0 radical (unpaired) electrons. The second kappa shape index (κ2) is 11.1. The molecule has 0 bridgehead atoms. The van der Waals surface area contributed by atoms with Gasteiger partial charge in [-0.1, -0.05) is 29.8 Å². The van der Waals surface area contributed by atoms with Crippen LogP contribution in [0.1, 0.15) is 16.7 Å². The number of benzene rings is 4. The van der Waals surface area contributed by atoms with Crippen LogP contribution in [0.4, 0.5) is 0 Å². The van der Waals surface area contributed by atoms with Gasteiger partial charge in [0.15, 0.2) is 0 Å². The van der Waals surface area contributed by atoms with Crippen LogP contribution in [0.5, 0.6) is 11.5 Å². The van der Waals surface area contributed by atoms with Gasteiger partial charge in [-0.2, -0.15) is 23.5 Å². The molecular weight excluding hydrogens is 701 g/mol. The Bertz CT molecular complexity index is 2100. The van der Waals surface area contributed by atoms with E-state index < -0.39 is 0 Å². The molecule has 7 rings (SSSR count). The maximum absolute atomic E-state index is 9.48. The van der Waals surface area contributed by atoms with Gasteiger partial charge in [-0.3, -0.25) is 4.57 Å². The molecule has 0 aliphatic carbocycles. The zero-order valence-corrected chi connectivity index (χ0v) is 25.0. The molecule has 0 spiro atoms. The van der Waals surface area contributed by atoms with E-state index in [0.717, 1.165) is 39.0 Å². The van der Waals surface area contributed by atoms with Crippen LogP contribution in [0.3, 0.4) is 0 Å². The number of pyridine rings is 1. The third-order valence-corrected chi connectivity index (χ3v) is 7.15. The van der Waals surface area contributed by atoms with Crippen molar-refractivity contribution in [2.75, 3.05) is 0 Å². The fraction of sp³-hybridized carbons (Fsp3) is 0.0571. The van der Waals surface area contributed by atoms with Gasteiger partial charge in [-0.15, -0.1) is 29.7 Å². The summed E-state index contributed by atoms with van der Waals surface area (Å²) in [6, 6.07) is 36.4. The summed E-state index contributed by atoms with van der Waals surface area (Å²) in [4.78, 5) is 4.58.